The third kappa shape index (κ3) is 3.67. The highest BCUT2D eigenvalue weighted by atomic mass is 32.2. The lowest BCUT2D eigenvalue weighted by Gasteiger charge is -2.01. The van der Waals surface area contributed by atoms with Gasteiger partial charge in [0.25, 0.3) is 0 Å². The summed E-state index contributed by atoms with van der Waals surface area (Å²) in [4.78, 5) is 10.7. The van der Waals surface area contributed by atoms with E-state index in [1.807, 2.05) is 0 Å². The van der Waals surface area contributed by atoms with E-state index in [9.17, 15) is 9.00 Å². The number of carboxylic acid groups (broad SMARTS) is 1. The first kappa shape index (κ1) is 11.7. The summed E-state index contributed by atoms with van der Waals surface area (Å²) in [5.74, 6) is -0.170. The molecule has 0 fully saturated rings. The first-order valence-electron chi connectivity index (χ1n) is 4.41. The maximum Gasteiger partial charge on any atom is 0.335 e. The number of aromatic carboxylic acids is 1. The zero-order valence-corrected chi connectivity index (χ0v) is 9.00. The fraction of sp³-hybridized carbons (Fsp3) is 0.182. The molecule has 1 aromatic rings. The van der Waals surface area contributed by atoms with Crippen molar-refractivity contribution in [1.29, 1.82) is 0 Å². The molecule has 0 bridgehead atoms. The molecule has 0 saturated heterocycles. The van der Waals surface area contributed by atoms with Gasteiger partial charge in [-0.15, -0.1) is 6.58 Å². The quantitative estimate of drug-likeness (QED) is 0.776. The van der Waals surface area contributed by atoms with Crippen molar-refractivity contribution in [2.45, 2.75) is 5.75 Å². The fourth-order valence-electron chi connectivity index (χ4n) is 1.17. The molecule has 0 spiro atoms. The molecule has 4 heteroatoms. The summed E-state index contributed by atoms with van der Waals surface area (Å²) in [5, 5.41) is 8.75. The molecule has 0 aliphatic carbocycles. The maximum atomic E-state index is 11.4. The van der Waals surface area contributed by atoms with Crippen LogP contribution in [0.3, 0.4) is 0 Å². The first-order chi connectivity index (χ1) is 7.13. The van der Waals surface area contributed by atoms with Gasteiger partial charge in [0.1, 0.15) is 0 Å². The minimum absolute atomic E-state index is 0.225. The molecule has 0 aromatic heterocycles. The second-order valence-electron chi connectivity index (χ2n) is 3.05. The number of hydrogen-bond donors (Lipinski definition) is 1. The van der Waals surface area contributed by atoms with Crippen molar-refractivity contribution in [2.24, 2.45) is 0 Å². The highest BCUT2D eigenvalue weighted by Gasteiger charge is 2.05. The van der Waals surface area contributed by atoms with Crippen LogP contribution in [0.1, 0.15) is 15.9 Å². The SMILES string of the molecule is C=CCS(=O)Cc1cccc(C(=O)O)c1. The van der Waals surface area contributed by atoms with Gasteiger partial charge in [0.15, 0.2) is 0 Å². The minimum atomic E-state index is -1.00. The minimum Gasteiger partial charge on any atom is -0.478 e. The molecular weight excluding hydrogens is 212 g/mol. The van der Waals surface area contributed by atoms with Crippen LogP contribution in [-0.2, 0) is 16.6 Å². The standard InChI is InChI=1S/C11H12O3S/c1-2-6-15(14)8-9-4-3-5-10(7-9)11(12)13/h2-5,7H,1,6,8H2,(H,12,13). The third-order valence-corrected chi connectivity index (χ3v) is 3.07. The van der Waals surface area contributed by atoms with Gasteiger partial charge in [-0.2, -0.15) is 0 Å². The predicted octanol–water partition coefficient (Wildman–Crippen LogP) is 1.82. The monoisotopic (exact) mass is 224 g/mol. The van der Waals surface area contributed by atoms with Crippen LogP contribution in [-0.4, -0.2) is 21.0 Å². The Morgan fingerprint density at radius 3 is 2.87 bits per heavy atom. The molecular formula is C11H12O3S. The molecule has 0 amide bonds. The highest BCUT2D eigenvalue weighted by Crippen LogP contribution is 2.08. The third-order valence-electron chi connectivity index (χ3n) is 1.81. The van der Waals surface area contributed by atoms with Crippen LogP contribution in [0.4, 0.5) is 0 Å². The smallest absolute Gasteiger partial charge is 0.335 e. The largest absolute Gasteiger partial charge is 0.478 e. The summed E-state index contributed by atoms with van der Waals surface area (Å²) in [7, 11) is -1.00. The Morgan fingerprint density at radius 1 is 1.53 bits per heavy atom. The van der Waals surface area contributed by atoms with Gasteiger partial charge in [0, 0.05) is 22.3 Å². The molecule has 1 atom stereocenters. The van der Waals surface area contributed by atoms with Crippen molar-refractivity contribution in [3.63, 3.8) is 0 Å². The van der Waals surface area contributed by atoms with Gasteiger partial charge in [-0.1, -0.05) is 18.2 Å². The van der Waals surface area contributed by atoms with E-state index in [1.165, 1.54) is 6.07 Å². The zero-order chi connectivity index (χ0) is 11.3. The van der Waals surface area contributed by atoms with Crippen LogP contribution in [0, 0.1) is 0 Å². The molecule has 1 unspecified atom stereocenters. The number of rotatable bonds is 5. The van der Waals surface area contributed by atoms with Crippen molar-refractivity contribution in [3.05, 3.63) is 48.0 Å². The molecule has 0 aliphatic rings. The molecule has 0 saturated carbocycles. The highest BCUT2D eigenvalue weighted by molar-refractivity contribution is 7.84. The molecule has 15 heavy (non-hydrogen) atoms. The van der Waals surface area contributed by atoms with Crippen LogP contribution in [0.15, 0.2) is 36.9 Å². The molecule has 0 heterocycles. The fourth-order valence-corrected chi connectivity index (χ4v) is 2.10. The van der Waals surface area contributed by atoms with E-state index in [-0.39, 0.29) is 5.56 Å². The Hall–Kier alpha value is -1.42. The van der Waals surface area contributed by atoms with Crippen LogP contribution in [0.25, 0.3) is 0 Å². The number of benzene rings is 1. The summed E-state index contributed by atoms with van der Waals surface area (Å²) in [5.41, 5.74) is 0.998. The maximum absolute atomic E-state index is 11.4. The van der Waals surface area contributed by atoms with Gasteiger partial charge < -0.3 is 5.11 Å². The topological polar surface area (TPSA) is 54.4 Å². The first-order valence-corrected chi connectivity index (χ1v) is 5.90. The van der Waals surface area contributed by atoms with Crippen LogP contribution in [0.5, 0.6) is 0 Å². The van der Waals surface area contributed by atoms with Crippen molar-refractivity contribution >= 4 is 16.8 Å². The normalized spacial score (nSPS) is 12.0. The molecule has 1 N–H and O–H groups in total. The Bertz CT molecular complexity index is 399. The van der Waals surface area contributed by atoms with Crippen molar-refractivity contribution in [3.8, 4) is 0 Å². The number of hydrogen-bond acceptors (Lipinski definition) is 2. The van der Waals surface area contributed by atoms with Crippen LogP contribution >= 0.6 is 0 Å². The Balaban J connectivity index is 2.77. The van der Waals surface area contributed by atoms with E-state index < -0.39 is 16.8 Å². The summed E-state index contributed by atoms with van der Waals surface area (Å²) in [6, 6.07) is 6.49. The summed E-state index contributed by atoms with van der Waals surface area (Å²) < 4.78 is 11.4. The van der Waals surface area contributed by atoms with E-state index in [4.69, 9.17) is 5.11 Å². The van der Waals surface area contributed by atoms with Gasteiger partial charge in [0.2, 0.25) is 0 Å². The number of carbonyl (C=O) groups is 1. The summed E-state index contributed by atoms with van der Waals surface area (Å²) in [6.07, 6.45) is 1.59. The molecule has 0 radical (unpaired) electrons. The van der Waals surface area contributed by atoms with Gasteiger partial charge in [-0.3, -0.25) is 4.21 Å². The molecule has 0 aliphatic heterocycles. The lowest BCUT2D eigenvalue weighted by atomic mass is 10.1. The van der Waals surface area contributed by atoms with Gasteiger partial charge in [-0.05, 0) is 17.7 Å². The van der Waals surface area contributed by atoms with Crippen molar-refractivity contribution in [2.75, 3.05) is 5.75 Å². The van der Waals surface area contributed by atoms with Gasteiger partial charge in [-0.25, -0.2) is 4.79 Å². The van der Waals surface area contributed by atoms with Gasteiger partial charge >= 0.3 is 5.97 Å². The second kappa shape index (κ2) is 5.46. The predicted molar refractivity (Wildman–Crippen MR) is 60.3 cm³/mol. The Labute approximate surface area is 90.9 Å². The Morgan fingerprint density at radius 2 is 2.27 bits per heavy atom. The van der Waals surface area contributed by atoms with Crippen molar-refractivity contribution in [1.82, 2.24) is 0 Å². The Kier molecular flexibility index (Phi) is 4.24. The lowest BCUT2D eigenvalue weighted by molar-refractivity contribution is 0.0697. The molecule has 80 valence electrons. The second-order valence-corrected chi connectivity index (χ2v) is 4.55. The summed E-state index contributed by atoms with van der Waals surface area (Å²) >= 11 is 0. The van der Waals surface area contributed by atoms with E-state index in [0.29, 0.717) is 11.5 Å². The van der Waals surface area contributed by atoms with Gasteiger partial charge in [0.05, 0.1) is 5.56 Å². The summed E-state index contributed by atoms with van der Waals surface area (Å²) in [6.45, 7) is 3.50. The zero-order valence-electron chi connectivity index (χ0n) is 8.18. The average molecular weight is 224 g/mol. The molecule has 1 rings (SSSR count). The van der Waals surface area contributed by atoms with E-state index in [0.717, 1.165) is 5.56 Å². The molecule has 1 aromatic carbocycles. The van der Waals surface area contributed by atoms with E-state index >= 15 is 0 Å². The average Bonchev–Trinajstić information content (AvgIpc) is 2.18. The lowest BCUT2D eigenvalue weighted by Crippen LogP contribution is -2.01. The number of carboxylic acids is 1. The van der Waals surface area contributed by atoms with Crippen LogP contribution < -0.4 is 0 Å². The van der Waals surface area contributed by atoms with E-state index in [1.54, 1.807) is 24.3 Å². The molecule has 3 nitrogen and oxygen atoms in total. The van der Waals surface area contributed by atoms with Crippen LogP contribution in [0.2, 0.25) is 0 Å². The van der Waals surface area contributed by atoms with E-state index in [2.05, 4.69) is 6.58 Å². The van der Waals surface area contributed by atoms with Crippen molar-refractivity contribution < 1.29 is 14.1 Å².